The van der Waals surface area contributed by atoms with Crippen LogP contribution in [0.5, 0.6) is 0 Å². The molecule has 0 aromatic rings. The first-order valence-electron chi connectivity index (χ1n) is 7.04. The Hall–Kier alpha value is -1.14. The minimum atomic E-state index is -0.469. The standard InChI is InChI=1S/C13H23N3O3/c1-19-11-4-3-10(9-11)15-12(17)13(18)16-7-2-5-14-6-8-16/h10-11,14H,2-9H2,1H3,(H,15,17). The monoisotopic (exact) mass is 269 g/mol. The second-order valence-corrected chi connectivity index (χ2v) is 5.24. The molecule has 1 aliphatic heterocycles. The predicted octanol–water partition coefficient (Wildman–Crippen LogP) is -0.508. The van der Waals surface area contributed by atoms with Gasteiger partial charge in [-0.05, 0) is 32.2 Å². The molecule has 0 bridgehead atoms. The minimum absolute atomic E-state index is 0.0755. The second kappa shape index (κ2) is 6.86. The molecule has 2 aliphatic rings. The summed E-state index contributed by atoms with van der Waals surface area (Å²) < 4.78 is 5.26. The van der Waals surface area contributed by atoms with Gasteiger partial charge in [-0.15, -0.1) is 0 Å². The average Bonchev–Trinajstić information content (AvgIpc) is 2.70. The molecule has 0 aromatic carbocycles. The molecule has 1 saturated carbocycles. The van der Waals surface area contributed by atoms with E-state index in [9.17, 15) is 9.59 Å². The van der Waals surface area contributed by atoms with Gasteiger partial charge < -0.3 is 20.3 Å². The van der Waals surface area contributed by atoms with Gasteiger partial charge in [0.15, 0.2) is 0 Å². The minimum Gasteiger partial charge on any atom is -0.381 e. The molecular weight excluding hydrogens is 246 g/mol. The predicted molar refractivity (Wildman–Crippen MR) is 70.6 cm³/mol. The normalized spacial score (nSPS) is 27.9. The number of carbonyl (C=O) groups is 2. The largest absolute Gasteiger partial charge is 0.381 e. The molecule has 2 unspecified atom stereocenters. The van der Waals surface area contributed by atoms with Gasteiger partial charge in [0.2, 0.25) is 0 Å². The number of amides is 2. The van der Waals surface area contributed by atoms with Crippen LogP contribution in [0, 0.1) is 0 Å². The van der Waals surface area contributed by atoms with Gasteiger partial charge in [0.1, 0.15) is 0 Å². The summed E-state index contributed by atoms with van der Waals surface area (Å²) in [5, 5.41) is 6.05. The van der Waals surface area contributed by atoms with Gasteiger partial charge in [0, 0.05) is 32.8 Å². The topological polar surface area (TPSA) is 70.7 Å². The highest BCUT2D eigenvalue weighted by molar-refractivity contribution is 6.35. The van der Waals surface area contributed by atoms with Crippen LogP contribution in [-0.4, -0.2) is 62.1 Å². The van der Waals surface area contributed by atoms with Gasteiger partial charge in [-0.2, -0.15) is 0 Å². The lowest BCUT2D eigenvalue weighted by molar-refractivity contribution is -0.146. The Balaban J connectivity index is 1.80. The summed E-state index contributed by atoms with van der Waals surface area (Å²) in [4.78, 5) is 25.6. The molecule has 108 valence electrons. The highest BCUT2D eigenvalue weighted by atomic mass is 16.5. The van der Waals surface area contributed by atoms with Crippen molar-refractivity contribution in [3.8, 4) is 0 Å². The van der Waals surface area contributed by atoms with Crippen molar-refractivity contribution >= 4 is 11.8 Å². The van der Waals surface area contributed by atoms with Crippen LogP contribution in [0.3, 0.4) is 0 Å². The first-order chi connectivity index (χ1) is 9.20. The van der Waals surface area contributed by atoms with Crippen LogP contribution in [0.15, 0.2) is 0 Å². The first kappa shape index (κ1) is 14.3. The lowest BCUT2D eigenvalue weighted by atomic mass is 10.2. The smallest absolute Gasteiger partial charge is 0.311 e. The maximum Gasteiger partial charge on any atom is 0.311 e. The van der Waals surface area contributed by atoms with Crippen molar-refractivity contribution in [3.63, 3.8) is 0 Å². The van der Waals surface area contributed by atoms with Crippen LogP contribution in [0.4, 0.5) is 0 Å². The first-order valence-corrected chi connectivity index (χ1v) is 7.04. The van der Waals surface area contributed by atoms with Crippen molar-refractivity contribution in [2.24, 2.45) is 0 Å². The Morgan fingerprint density at radius 1 is 1.26 bits per heavy atom. The zero-order valence-electron chi connectivity index (χ0n) is 11.5. The zero-order chi connectivity index (χ0) is 13.7. The molecule has 0 radical (unpaired) electrons. The van der Waals surface area contributed by atoms with Crippen molar-refractivity contribution in [2.75, 3.05) is 33.3 Å². The molecule has 1 aliphatic carbocycles. The molecule has 2 fully saturated rings. The summed E-state index contributed by atoms with van der Waals surface area (Å²) >= 11 is 0. The van der Waals surface area contributed by atoms with Crippen molar-refractivity contribution in [1.29, 1.82) is 0 Å². The number of methoxy groups -OCH3 is 1. The van der Waals surface area contributed by atoms with Gasteiger partial charge in [-0.1, -0.05) is 0 Å². The van der Waals surface area contributed by atoms with E-state index in [1.54, 1.807) is 12.0 Å². The Bertz CT molecular complexity index is 327. The van der Waals surface area contributed by atoms with Crippen molar-refractivity contribution < 1.29 is 14.3 Å². The molecule has 1 saturated heterocycles. The molecule has 1 heterocycles. The van der Waals surface area contributed by atoms with Gasteiger partial charge in [-0.3, -0.25) is 9.59 Å². The summed E-state index contributed by atoms with van der Waals surface area (Å²) in [5.74, 6) is -0.867. The van der Waals surface area contributed by atoms with Gasteiger partial charge in [-0.25, -0.2) is 0 Å². The number of nitrogens with zero attached hydrogens (tertiary/aromatic N) is 1. The lowest BCUT2D eigenvalue weighted by Gasteiger charge is -2.20. The van der Waals surface area contributed by atoms with E-state index >= 15 is 0 Å². The van der Waals surface area contributed by atoms with E-state index in [1.165, 1.54) is 0 Å². The molecule has 2 amide bonds. The van der Waals surface area contributed by atoms with Crippen LogP contribution in [-0.2, 0) is 14.3 Å². The Morgan fingerprint density at radius 2 is 2.11 bits per heavy atom. The third kappa shape index (κ3) is 3.91. The van der Waals surface area contributed by atoms with Crippen molar-refractivity contribution in [3.05, 3.63) is 0 Å². The van der Waals surface area contributed by atoms with Crippen molar-refractivity contribution in [2.45, 2.75) is 37.8 Å². The Labute approximate surface area is 113 Å². The van der Waals surface area contributed by atoms with Crippen LogP contribution in [0.2, 0.25) is 0 Å². The summed E-state index contributed by atoms with van der Waals surface area (Å²) in [7, 11) is 1.68. The molecule has 2 atom stereocenters. The van der Waals surface area contributed by atoms with Crippen LogP contribution >= 0.6 is 0 Å². The van der Waals surface area contributed by atoms with E-state index in [-0.39, 0.29) is 12.1 Å². The maximum absolute atomic E-state index is 12.0. The molecule has 2 N–H and O–H groups in total. The molecule has 6 nitrogen and oxygen atoms in total. The second-order valence-electron chi connectivity index (χ2n) is 5.24. The van der Waals surface area contributed by atoms with E-state index in [0.29, 0.717) is 13.1 Å². The number of hydrogen-bond acceptors (Lipinski definition) is 4. The highest BCUT2D eigenvalue weighted by Gasteiger charge is 2.29. The lowest BCUT2D eigenvalue weighted by Crippen LogP contribution is -2.47. The molecule has 0 aromatic heterocycles. The summed E-state index contributed by atoms with van der Waals surface area (Å²) in [6, 6.07) is 0.0755. The summed E-state index contributed by atoms with van der Waals surface area (Å²) in [6.45, 7) is 2.93. The number of nitrogens with one attached hydrogen (secondary N) is 2. The quantitative estimate of drug-likeness (QED) is 0.663. The van der Waals surface area contributed by atoms with Crippen LogP contribution in [0.25, 0.3) is 0 Å². The fraction of sp³-hybridized carbons (Fsp3) is 0.846. The van der Waals surface area contributed by atoms with Crippen molar-refractivity contribution in [1.82, 2.24) is 15.5 Å². The third-order valence-electron chi connectivity index (χ3n) is 3.87. The molecular formula is C13H23N3O3. The fourth-order valence-electron chi connectivity index (χ4n) is 2.72. The summed E-state index contributed by atoms with van der Waals surface area (Å²) in [6.07, 6.45) is 3.75. The van der Waals surface area contributed by atoms with E-state index in [4.69, 9.17) is 4.74 Å². The fourth-order valence-corrected chi connectivity index (χ4v) is 2.72. The van der Waals surface area contributed by atoms with Gasteiger partial charge >= 0.3 is 11.8 Å². The maximum atomic E-state index is 12.0. The average molecular weight is 269 g/mol. The van der Waals surface area contributed by atoms with Gasteiger partial charge in [0.05, 0.1) is 6.10 Å². The highest BCUT2D eigenvalue weighted by Crippen LogP contribution is 2.21. The molecule has 19 heavy (non-hydrogen) atoms. The number of hydrogen-bond donors (Lipinski definition) is 2. The Kier molecular flexibility index (Phi) is 5.15. The number of carbonyl (C=O) groups excluding carboxylic acids is 2. The SMILES string of the molecule is COC1CCC(NC(=O)C(=O)N2CCCNCC2)C1. The van der Waals surface area contributed by atoms with E-state index < -0.39 is 11.8 Å². The third-order valence-corrected chi connectivity index (χ3v) is 3.87. The van der Waals surface area contributed by atoms with E-state index in [2.05, 4.69) is 10.6 Å². The molecule has 0 spiro atoms. The van der Waals surface area contributed by atoms with E-state index in [0.717, 1.165) is 38.8 Å². The summed E-state index contributed by atoms with van der Waals surface area (Å²) in [5.41, 5.74) is 0. The number of rotatable bonds is 2. The van der Waals surface area contributed by atoms with Crippen LogP contribution < -0.4 is 10.6 Å². The van der Waals surface area contributed by atoms with E-state index in [1.807, 2.05) is 0 Å². The molecule has 2 rings (SSSR count). The number of ether oxygens (including phenoxy) is 1. The Morgan fingerprint density at radius 3 is 2.84 bits per heavy atom. The zero-order valence-corrected chi connectivity index (χ0v) is 11.5. The molecule has 6 heteroatoms. The van der Waals surface area contributed by atoms with Gasteiger partial charge in [0.25, 0.3) is 0 Å². The van der Waals surface area contributed by atoms with Crippen LogP contribution in [0.1, 0.15) is 25.7 Å².